The number of nitriles is 1. The number of aromatic nitrogens is 3. The Morgan fingerprint density at radius 2 is 1.67 bits per heavy atom. The van der Waals surface area contributed by atoms with Crippen LogP contribution in [0.1, 0.15) is 89.3 Å². The van der Waals surface area contributed by atoms with E-state index in [1.165, 1.54) is 51.4 Å². The van der Waals surface area contributed by atoms with Crippen LogP contribution in [0.3, 0.4) is 0 Å². The number of nitrogens with zero attached hydrogens (tertiary/aromatic N) is 1. The SMILES string of the molecule is CCCCCCCCCCC=c1ccc(=Cc2[nH]c(-c3ccc[nH]3)c(C#N)c2OCCC)[nH]1. The van der Waals surface area contributed by atoms with E-state index in [1.54, 1.807) is 0 Å². The first-order valence-corrected chi connectivity index (χ1v) is 12.6. The number of aromatic amines is 3. The molecule has 3 heterocycles. The third-order valence-electron chi connectivity index (χ3n) is 5.86. The summed E-state index contributed by atoms with van der Waals surface area (Å²) in [6, 6.07) is 10.4. The number of hydrogen-bond donors (Lipinski definition) is 3. The third kappa shape index (κ3) is 7.18. The van der Waals surface area contributed by atoms with Crippen molar-refractivity contribution < 1.29 is 4.74 Å². The molecule has 0 spiro atoms. The Hall–Kier alpha value is -3.13. The van der Waals surface area contributed by atoms with Gasteiger partial charge < -0.3 is 19.7 Å². The third-order valence-corrected chi connectivity index (χ3v) is 5.86. The van der Waals surface area contributed by atoms with Crippen LogP contribution < -0.4 is 15.4 Å². The highest BCUT2D eigenvalue weighted by Crippen LogP contribution is 2.33. The zero-order valence-electron chi connectivity index (χ0n) is 20.2. The van der Waals surface area contributed by atoms with Crippen LogP contribution in [0, 0.1) is 11.3 Å². The molecule has 0 aliphatic rings. The van der Waals surface area contributed by atoms with E-state index in [9.17, 15) is 5.26 Å². The molecule has 0 radical (unpaired) electrons. The molecule has 33 heavy (non-hydrogen) atoms. The van der Waals surface area contributed by atoms with Gasteiger partial charge in [-0.05, 0) is 49.6 Å². The van der Waals surface area contributed by atoms with Crippen LogP contribution >= 0.6 is 0 Å². The molecule has 0 aliphatic carbocycles. The zero-order valence-corrected chi connectivity index (χ0v) is 20.2. The van der Waals surface area contributed by atoms with Gasteiger partial charge in [0.05, 0.1) is 23.7 Å². The summed E-state index contributed by atoms with van der Waals surface area (Å²) >= 11 is 0. The van der Waals surface area contributed by atoms with Crippen molar-refractivity contribution in [1.82, 2.24) is 15.0 Å². The average Bonchev–Trinajstić information content (AvgIpc) is 3.57. The van der Waals surface area contributed by atoms with E-state index in [0.29, 0.717) is 17.9 Å². The summed E-state index contributed by atoms with van der Waals surface area (Å²) in [5, 5.41) is 11.9. The molecule has 0 aliphatic heterocycles. The number of rotatable bonds is 14. The zero-order chi connectivity index (χ0) is 23.3. The molecule has 0 aromatic carbocycles. The van der Waals surface area contributed by atoms with E-state index in [0.717, 1.165) is 40.6 Å². The highest BCUT2D eigenvalue weighted by Gasteiger charge is 2.19. The summed E-state index contributed by atoms with van der Waals surface area (Å²) < 4.78 is 5.98. The van der Waals surface area contributed by atoms with E-state index >= 15 is 0 Å². The fraction of sp³-hybridized carbons (Fsp3) is 0.464. The number of hydrogen-bond acceptors (Lipinski definition) is 2. The van der Waals surface area contributed by atoms with E-state index in [-0.39, 0.29) is 0 Å². The molecule has 0 unspecified atom stereocenters. The van der Waals surface area contributed by atoms with Gasteiger partial charge in [-0.25, -0.2) is 0 Å². The van der Waals surface area contributed by atoms with E-state index in [1.807, 2.05) is 24.4 Å². The van der Waals surface area contributed by atoms with Crippen molar-refractivity contribution in [2.45, 2.75) is 78.1 Å². The lowest BCUT2D eigenvalue weighted by Crippen LogP contribution is -2.09. The Bertz CT molecular complexity index is 1110. The lowest BCUT2D eigenvalue weighted by Gasteiger charge is -2.04. The molecule has 3 rings (SSSR count). The number of ether oxygens (including phenoxy) is 1. The van der Waals surface area contributed by atoms with Gasteiger partial charge in [-0.15, -0.1) is 0 Å². The Morgan fingerprint density at radius 1 is 0.909 bits per heavy atom. The predicted molar refractivity (Wildman–Crippen MR) is 136 cm³/mol. The molecule has 0 bridgehead atoms. The first-order valence-electron chi connectivity index (χ1n) is 12.6. The number of nitrogens with one attached hydrogen (secondary N) is 3. The van der Waals surface area contributed by atoms with Gasteiger partial charge in [0.2, 0.25) is 0 Å². The second-order valence-electron chi connectivity index (χ2n) is 8.64. The summed E-state index contributed by atoms with van der Waals surface area (Å²) in [5.41, 5.74) is 2.97. The fourth-order valence-electron chi connectivity index (χ4n) is 4.08. The van der Waals surface area contributed by atoms with E-state index in [2.05, 4.69) is 53.1 Å². The fourth-order valence-corrected chi connectivity index (χ4v) is 4.08. The maximum absolute atomic E-state index is 9.80. The smallest absolute Gasteiger partial charge is 0.162 e. The Balaban J connectivity index is 1.68. The van der Waals surface area contributed by atoms with Crippen molar-refractivity contribution in [2.75, 3.05) is 6.61 Å². The Labute approximate surface area is 197 Å². The van der Waals surface area contributed by atoms with Crippen LogP contribution in [0.2, 0.25) is 0 Å². The molecular formula is C28H38N4O. The Morgan fingerprint density at radius 3 is 2.36 bits per heavy atom. The van der Waals surface area contributed by atoms with Crippen LogP contribution in [-0.2, 0) is 0 Å². The van der Waals surface area contributed by atoms with E-state index in [4.69, 9.17) is 4.74 Å². The molecule has 0 saturated heterocycles. The van der Waals surface area contributed by atoms with Gasteiger partial charge in [-0.3, -0.25) is 0 Å². The predicted octanol–water partition coefficient (Wildman–Crippen LogP) is 6.14. The normalized spacial score (nSPS) is 12.4. The second kappa shape index (κ2) is 13.4. The van der Waals surface area contributed by atoms with Crippen molar-refractivity contribution in [2.24, 2.45) is 0 Å². The van der Waals surface area contributed by atoms with Crippen molar-refractivity contribution in [1.29, 1.82) is 5.26 Å². The van der Waals surface area contributed by atoms with Gasteiger partial charge in [0.15, 0.2) is 5.75 Å². The van der Waals surface area contributed by atoms with Crippen LogP contribution in [0.25, 0.3) is 23.5 Å². The van der Waals surface area contributed by atoms with Crippen LogP contribution in [0.4, 0.5) is 0 Å². The lowest BCUT2D eigenvalue weighted by molar-refractivity contribution is 0.316. The lowest BCUT2D eigenvalue weighted by atomic mass is 10.1. The molecule has 0 fully saturated rings. The minimum atomic E-state index is 0.533. The molecule has 0 amide bonds. The van der Waals surface area contributed by atoms with Crippen molar-refractivity contribution >= 4 is 12.2 Å². The maximum Gasteiger partial charge on any atom is 0.162 e. The monoisotopic (exact) mass is 446 g/mol. The summed E-state index contributed by atoms with van der Waals surface area (Å²) in [6.45, 7) is 4.90. The number of unbranched alkanes of at least 4 members (excludes halogenated alkanes) is 8. The van der Waals surface area contributed by atoms with Crippen molar-refractivity contribution in [3.63, 3.8) is 0 Å². The van der Waals surface area contributed by atoms with Gasteiger partial charge in [-0.1, -0.05) is 64.9 Å². The molecule has 3 aromatic heterocycles. The number of H-pyrrole nitrogens is 3. The summed E-state index contributed by atoms with van der Waals surface area (Å²) in [7, 11) is 0. The minimum Gasteiger partial charge on any atom is -0.490 e. The maximum atomic E-state index is 9.80. The highest BCUT2D eigenvalue weighted by atomic mass is 16.5. The minimum absolute atomic E-state index is 0.533. The van der Waals surface area contributed by atoms with Gasteiger partial charge in [-0.2, -0.15) is 5.26 Å². The summed E-state index contributed by atoms with van der Waals surface area (Å²) in [6.07, 6.45) is 18.9. The molecule has 3 N–H and O–H groups in total. The first kappa shape index (κ1) is 24.5. The first-order chi connectivity index (χ1) is 16.3. The van der Waals surface area contributed by atoms with Crippen molar-refractivity contribution in [3.05, 3.63) is 52.4 Å². The van der Waals surface area contributed by atoms with Crippen LogP contribution in [0.15, 0.2) is 30.5 Å². The Kier molecular flexibility index (Phi) is 9.97. The molecule has 5 nitrogen and oxygen atoms in total. The van der Waals surface area contributed by atoms with Crippen molar-refractivity contribution in [3.8, 4) is 23.2 Å². The quantitative estimate of drug-likeness (QED) is 0.260. The second-order valence-corrected chi connectivity index (χ2v) is 8.64. The van der Waals surface area contributed by atoms with Gasteiger partial charge in [0.25, 0.3) is 0 Å². The molecule has 5 heteroatoms. The molecular weight excluding hydrogens is 408 g/mol. The van der Waals surface area contributed by atoms with Gasteiger partial charge in [0, 0.05) is 16.9 Å². The highest BCUT2D eigenvalue weighted by molar-refractivity contribution is 5.74. The molecule has 0 atom stereocenters. The van der Waals surface area contributed by atoms with Gasteiger partial charge >= 0.3 is 0 Å². The van der Waals surface area contributed by atoms with Gasteiger partial charge in [0.1, 0.15) is 11.6 Å². The topological polar surface area (TPSA) is 80.4 Å². The summed E-state index contributed by atoms with van der Waals surface area (Å²) in [5.74, 6) is 0.614. The van der Waals surface area contributed by atoms with Crippen LogP contribution in [-0.4, -0.2) is 21.6 Å². The molecule has 0 saturated carbocycles. The average molecular weight is 447 g/mol. The largest absolute Gasteiger partial charge is 0.490 e. The standard InChI is InChI=1S/C28H38N4O/c1-3-5-6-7-8-9-10-11-12-14-22-16-17-23(31-22)20-26-28(33-19-4-2)24(21-29)27(32-26)25-15-13-18-30-25/h13-18,20,30-32H,3-12,19H2,1-2H3. The molecule has 176 valence electrons. The van der Waals surface area contributed by atoms with E-state index < -0.39 is 0 Å². The summed E-state index contributed by atoms with van der Waals surface area (Å²) in [4.78, 5) is 10.0. The molecule has 3 aromatic rings. The van der Waals surface area contributed by atoms with Crippen LogP contribution in [0.5, 0.6) is 5.75 Å².